The van der Waals surface area contributed by atoms with E-state index in [0.717, 1.165) is 5.56 Å². The fourth-order valence-corrected chi connectivity index (χ4v) is 0.924. The van der Waals surface area contributed by atoms with Crippen LogP contribution in [0.4, 0.5) is 0 Å². The van der Waals surface area contributed by atoms with Gasteiger partial charge in [0, 0.05) is 5.56 Å². The Morgan fingerprint density at radius 1 is 1.42 bits per heavy atom. The Labute approximate surface area is 76.8 Å². The molecule has 12 heavy (non-hydrogen) atoms. The van der Waals surface area contributed by atoms with Gasteiger partial charge in [0.1, 0.15) is 6.61 Å². The molecule has 3 heteroatoms. The van der Waals surface area contributed by atoms with Crippen LogP contribution in [-0.2, 0) is 4.84 Å². The van der Waals surface area contributed by atoms with Crippen LogP contribution in [-0.4, -0.2) is 11.8 Å². The Bertz CT molecular complexity index is 258. The van der Waals surface area contributed by atoms with Crippen LogP contribution in [0.25, 0.3) is 0 Å². The van der Waals surface area contributed by atoms with Gasteiger partial charge in [-0.15, -0.1) is 0 Å². The van der Waals surface area contributed by atoms with Gasteiger partial charge in [0.2, 0.25) is 0 Å². The van der Waals surface area contributed by atoms with Crippen molar-refractivity contribution >= 4 is 16.8 Å². The molecule has 0 aliphatic heterocycles. The summed E-state index contributed by atoms with van der Waals surface area (Å²) in [5.74, 6) is 0. The van der Waals surface area contributed by atoms with Gasteiger partial charge in [0.15, 0.2) is 5.17 Å². The molecule has 0 N–H and O–H groups in total. The summed E-state index contributed by atoms with van der Waals surface area (Å²) in [5, 5.41) is 4.08. The minimum absolute atomic E-state index is 0.387. The minimum atomic E-state index is 0.387. The second kappa shape index (κ2) is 4.78. The van der Waals surface area contributed by atoms with E-state index in [2.05, 4.69) is 5.16 Å². The van der Waals surface area contributed by atoms with Gasteiger partial charge < -0.3 is 4.84 Å². The Hall–Kier alpha value is -1.02. The van der Waals surface area contributed by atoms with Crippen LogP contribution >= 0.6 is 11.6 Å². The first-order valence-corrected chi connectivity index (χ1v) is 4.13. The average molecular weight is 184 g/mol. The van der Waals surface area contributed by atoms with Gasteiger partial charge in [-0.05, 0) is 6.92 Å². The molecule has 0 unspecified atom stereocenters. The Morgan fingerprint density at radius 2 is 2.08 bits per heavy atom. The number of rotatable bonds is 3. The molecule has 0 spiro atoms. The van der Waals surface area contributed by atoms with Gasteiger partial charge >= 0.3 is 0 Å². The molecular weight excluding hydrogens is 174 g/mol. The zero-order chi connectivity index (χ0) is 8.81. The first-order valence-electron chi connectivity index (χ1n) is 3.75. The van der Waals surface area contributed by atoms with Crippen molar-refractivity contribution in [3.8, 4) is 0 Å². The van der Waals surface area contributed by atoms with Crippen molar-refractivity contribution in [3.63, 3.8) is 0 Å². The number of halogens is 1. The van der Waals surface area contributed by atoms with E-state index < -0.39 is 0 Å². The first kappa shape index (κ1) is 9.07. The topological polar surface area (TPSA) is 21.6 Å². The van der Waals surface area contributed by atoms with Crippen molar-refractivity contribution in [2.24, 2.45) is 5.16 Å². The van der Waals surface area contributed by atoms with Crippen LogP contribution in [0.1, 0.15) is 12.5 Å². The number of hydrogen-bond donors (Lipinski definition) is 0. The normalized spacial score (nSPS) is 11.3. The second-order valence-corrected chi connectivity index (χ2v) is 2.52. The van der Waals surface area contributed by atoms with Crippen molar-refractivity contribution in [1.82, 2.24) is 0 Å². The predicted molar refractivity (Wildman–Crippen MR) is 50.5 cm³/mol. The van der Waals surface area contributed by atoms with Gasteiger partial charge in [0.05, 0.1) is 0 Å². The third kappa shape index (κ3) is 2.55. The maximum absolute atomic E-state index is 5.81. The molecule has 0 atom stereocenters. The van der Waals surface area contributed by atoms with Gasteiger partial charge in [-0.1, -0.05) is 47.1 Å². The number of hydrogen-bond acceptors (Lipinski definition) is 2. The Kier molecular flexibility index (Phi) is 3.61. The van der Waals surface area contributed by atoms with Crippen molar-refractivity contribution in [2.75, 3.05) is 6.61 Å². The van der Waals surface area contributed by atoms with Gasteiger partial charge in [-0.3, -0.25) is 0 Å². The third-order valence-electron chi connectivity index (χ3n) is 1.29. The number of oxime groups is 1. The van der Waals surface area contributed by atoms with E-state index in [1.807, 2.05) is 37.3 Å². The maximum Gasteiger partial charge on any atom is 0.175 e. The zero-order valence-corrected chi connectivity index (χ0v) is 7.58. The van der Waals surface area contributed by atoms with E-state index in [-0.39, 0.29) is 0 Å². The molecule has 0 radical (unpaired) electrons. The number of benzene rings is 1. The molecule has 0 heterocycles. The predicted octanol–water partition coefficient (Wildman–Crippen LogP) is 2.62. The van der Waals surface area contributed by atoms with Crippen LogP contribution in [0.5, 0.6) is 0 Å². The smallest absolute Gasteiger partial charge is 0.175 e. The zero-order valence-electron chi connectivity index (χ0n) is 6.83. The van der Waals surface area contributed by atoms with Crippen molar-refractivity contribution < 1.29 is 4.84 Å². The summed E-state index contributed by atoms with van der Waals surface area (Å²) in [6, 6.07) is 9.49. The van der Waals surface area contributed by atoms with Crippen LogP contribution in [0, 0.1) is 0 Å². The summed E-state index contributed by atoms with van der Waals surface area (Å²) >= 11 is 5.81. The average Bonchev–Trinajstić information content (AvgIpc) is 2.15. The van der Waals surface area contributed by atoms with E-state index >= 15 is 0 Å². The molecular formula is C9H10ClNO. The summed E-state index contributed by atoms with van der Waals surface area (Å²) in [5.41, 5.74) is 0.868. The highest BCUT2D eigenvalue weighted by molar-refractivity contribution is 6.69. The van der Waals surface area contributed by atoms with Crippen molar-refractivity contribution in [1.29, 1.82) is 0 Å². The standard InChI is InChI=1S/C9H10ClNO/c1-2-12-11-9(10)8-6-4-3-5-7-8/h3-7H,2H2,1H3/b11-9-. The fourth-order valence-electron chi connectivity index (χ4n) is 0.750. The molecule has 1 aromatic rings. The molecule has 0 aromatic heterocycles. The largest absolute Gasteiger partial charge is 0.395 e. The molecule has 0 aliphatic carbocycles. The van der Waals surface area contributed by atoms with Gasteiger partial charge in [0.25, 0.3) is 0 Å². The molecule has 1 rings (SSSR count). The minimum Gasteiger partial charge on any atom is -0.395 e. The van der Waals surface area contributed by atoms with Crippen LogP contribution in [0.2, 0.25) is 0 Å². The molecule has 0 saturated heterocycles. The lowest BCUT2D eigenvalue weighted by molar-refractivity contribution is 0.160. The van der Waals surface area contributed by atoms with Gasteiger partial charge in [-0.2, -0.15) is 0 Å². The maximum atomic E-state index is 5.81. The Morgan fingerprint density at radius 3 is 2.67 bits per heavy atom. The summed E-state index contributed by atoms with van der Waals surface area (Å²) in [6.07, 6.45) is 0. The molecule has 0 fully saturated rings. The first-order chi connectivity index (χ1) is 5.84. The highest BCUT2D eigenvalue weighted by Gasteiger charge is 1.97. The van der Waals surface area contributed by atoms with E-state index in [1.165, 1.54) is 0 Å². The molecule has 0 saturated carbocycles. The van der Waals surface area contributed by atoms with Crippen molar-refractivity contribution in [2.45, 2.75) is 6.92 Å². The van der Waals surface area contributed by atoms with Gasteiger partial charge in [-0.25, -0.2) is 0 Å². The molecule has 0 aliphatic rings. The lowest BCUT2D eigenvalue weighted by Crippen LogP contribution is -1.92. The SMILES string of the molecule is CCO/N=C(\Cl)c1ccccc1. The summed E-state index contributed by atoms with van der Waals surface area (Å²) in [7, 11) is 0. The highest BCUT2D eigenvalue weighted by Crippen LogP contribution is 2.04. The molecule has 1 aromatic carbocycles. The van der Waals surface area contributed by atoms with E-state index in [4.69, 9.17) is 16.4 Å². The third-order valence-corrected chi connectivity index (χ3v) is 1.57. The fraction of sp³-hybridized carbons (Fsp3) is 0.222. The molecule has 0 bridgehead atoms. The summed E-state index contributed by atoms with van der Waals surface area (Å²) in [4.78, 5) is 4.81. The molecule has 0 amide bonds. The van der Waals surface area contributed by atoms with Crippen molar-refractivity contribution in [3.05, 3.63) is 35.9 Å². The molecule has 2 nitrogen and oxygen atoms in total. The lowest BCUT2D eigenvalue weighted by Gasteiger charge is -1.96. The second-order valence-electron chi connectivity index (χ2n) is 2.17. The van der Waals surface area contributed by atoms with E-state index in [1.54, 1.807) is 0 Å². The van der Waals surface area contributed by atoms with E-state index in [0.29, 0.717) is 11.8 Å². The highest BCUT2D eigenvalue weighted by atomic mass is 35.5. The van der Waals surface area contributed by atoms with Crippen LogP contribution < -0.4 is 0 Å². The lowest BCUT2D eigenvalue weighted by atomic mass is 10.2. The van der Waals surface area contributed by atoms with Crippen LogP contribution in [0.15, 0.2) is 35.5 Å². The quantitative estimate of drug-likeness (QED) is 0.522. The monoisotopic (exact) mass is 183 g/mol. The number of nitrogens with zero attached hydrogens (tertiary/aromatic N) is 1. The van der Waals surface area contributed by atoms with E-state index in [9.17, 15) is 0 Å². The Balaban J connectivity index is 2.71. The summed E-state index contributed by atoms with van der Waals surface area (Å²) < 4.78 is 0. The van der Waals surface area contributed by atoms with Crippen LogP contribution in [0.3, 0.4) is 0 Å². The summed E-state index contributed by atoms with van der Waals surface area (Å²) in [6.45, 7) is 2.39. The molecule has 64 valence electrons.